The van der Waals surface area contributed by atoms with E-state index in [-0.39, 0.29) is 23.6 Å². The molecule has 3 rings (SSSR count). The number of hydrogen-bond acceptors (Lipinski definition) is 4. The summed E-state index contributed by atoms with van der Waals surface area (Å²) in [4.78, 5) is 24.3. The minimum Gasteiger partial charge on any atom is -0.369 e. The summed E-state index contributed by atoms with van der Waals surface area (Å²) in [6, 6.07) is 11.5. The molecular weight excluding hydrogens is 327 g/mol. The normalized spacial score (nSPS) is 16.5. The number of amides is 2. The monoisotopic (exact) mass is 344 g/mol. The van der Waals surface area contributed by atoms with Crippen LogP contribution in [0.3, 0.4) is 0 Å². The second kappa shape index (κ2) is 7.16. The van der Waals surface area contributed by atoms with Gasteiger partial charge in [-0.15, -0.1) is 0 Å². The third kappa shape index (κ3) is 4.23. The van der Waals surface area contributed by atoms with E-state index in [1.807, 2.05) is 0 Å². The maximum absolute atomic E-state index is 12.9. The molecule has 25 heavy (non-hydrogen) atoms. The summed E-state index contributed by atoms with van der Waals surface area (Å²) < 4.78 is 12.9. The number of hydrogen-bond donors (Lipinski definition) is 2. The number of urea groups is 1. The van der Waals surface area contributed by atoms with Gasteiger partial charge in [-0.3, -0.25) is 10.1 Å². The van der Waals surface area contributed by atoms with Gasteiger partial charge in [0.2, 0.25) is 0 Å². The summed E-state index contributed by atoms with van der Waals surface area (Å²) in [5.41, 5.74) is 1.45. The van der Waals surface area contributed by atoms with Crippen LogP contribution >= 0.6 is 0 Å². The van der Waals surface area contributed by atoms with E-state index in [1.165, 1.54) is 36.4 Å². The maximum atomic E-state index is 12.9. The quantitative estimate of drug-likeness (QED) is 0.659. The lowest BCUT2D eigenvalue weighted by atomic mass is 10.2. The van der Waals surface area contributed by atoms with E-state index in [0.29, 0.717) is 12.2 Å². The molecule has 1 unspecified atom stereocenters. The predicted octanol–water partition coefficient (Wildman–Crippen LogP) is 3.13. The Balaban J connectivity index is 1.53. The van der Waals surface area contributed by atoms with Gasteiger partial charge < -0.3 is 15.5 Å². The Morgan fingerprint density at radius 2 is 1.84 bits per heavy atom. The van der Waals surface area contributed by atoms with Crippen molar-refractivity contribution in [2.75, 3.05) is 23.3 Å². The van der Waals surface area contributed by atoms with E-state index >= 15 is 0 Å². The fourth-order valence-corrected chi connectivity index (χ4v) is 2.78. The van der Waals surface area contributed by atoms with Gasteiger partial charge >= 0.3 is 6.03 Å². The molecule has 1 aliphatic rings. The molecule has 0 aliphatic carbocycles. The molecule has 0 aromatic heterocycles. The van der Waals surface area contributed by atoms with Gasteiger partial charge in [-0.05, 0) is 42.8 Å². The number of benzene rings is 2. The van der Waals surface area contributed by atoms with Crippen LogP contribution in [0.15, 0.2) is 48.5 Å². The van der Waals surface area contributed by atoms with Gasteiger partial charge in [0.05, 0.1) is 4.92 Å². The molecule has 130 valence electrons. The van der Waals surface area contributed by atoms with Gasteiger partial charge in [-0.2, -0.15) is 0 Å². The van der Waals surface area contributed by atoms with Crippen molar-refractivity contribution in [3.63, 3.8) is 0 Å². The molecule has 1 saturated heterocycles. The van der Waals surface area contributed by atoms with Gasteiger partial charge in [0, 0.05) is 42.6 Å². The van der Waals surface area contributed by atoms with Crippen molar-refractivity contribution in [1.82, 2.24) is 5.32 Å². The average molecular weight is 344 g/mol. The number of carbonyl (C=O) groups excluding carboxylic acids is 1. The number of nitrogens with one attached hydrogen (secondary N) is 2. The largest absolute Gasteiger partial charge is 0.369 e. The van der Waals surface area contributed by atoms with Crippen molar-refractivity contribution in [3.8, 4) is 0 Å². The highest BCUT2D eigenvalue weighted by Gasteiger charge is 2.24. The molecule has 0 saturated carbocycles. The van der Waals surface area contributed by atoms with Crippen molar-refractivity contribution in [2.45, 2.75) is 12.5 Å². The Bertz CT molecular complexity index is 764. The summed E-state index contributed by atoms with van der Waals surface area (Å²) in [5, 5.41) is 16.2. The third-order valence-electron chi connectivity index (χ3n) is 4.05. The fourth-order valence-electron chi connectivity index (χ4n) is 2.78. The Hall–Kier alpha value is -3.16. The first-order chi connectivity index (χ1) is 12.0. The third-order valence-corrected chi connectivity index (χ3v) is 4.05. The van der Waals surface area contributed by atoms with E-state index in [2.05, 4.69) is 15.5 Å². The Morgan fingerprint density at radius 1 is 1.16 bits per heavy atom. The molecule has 1 heterocycles. The molecule has 2 aromatic rings. The van der Waals surface area contributed by atoms with Crippen molar-refractivity contribution in [3.05, 3.63) is 64.5 Å². The van der Waals surface area contributed by atoms with Gasteiger partial charge in [0.15, 0.2) is 0 Å². The minimum atomic E-state index is -0.433. The van der Waals surface area contributed by atoms with Gasteiger partial charge in [0.1, 0.15) is 5.82 Å². The van der Waals surface area contributed by atoms with Gasteiger partial charge in [-0.25, -0.2) is 9.18 Å². The summed E-state index contributed by atoms with van der Waals surface area (Å²) in [7, 11) is 0. The molecular formula is C17H17FN4O3. The van der Waals surface area contributed by atoms with E-state index in [0.717, 1.165) is 18.7 Å². The molecule has 2 aromatic carbocycles. The summed E-state index contributed by atoms with van der Waals surface area (Å²) in [6.45, 7) is 1.37. The summed E-state index contributed by atoms with van der Waals surface area (Å²) in [6.07, 6.45) is 0.772. The molecule has 0 spiro atoms. The number of rotatable bonds is 4. The molecule has 2 amide bonds. The van der Waals surface area contributed by atoms with Crippen LogP contribution in [-0.2, 0) is 0 Å². The van der Waals surface area contributed by atoms with Gasteiger partial charge in [0.25, 0.3) is 5.69 Å². The SMILES string of the molecule is O=C(Nc1ccc(F)cc1)NC1CCN(c2ccc([N+](=O)[O-])cc2)C1. The highest BCUT2D eigenvalue weighted by atomic mass is 19.1. The Kier molecular flexibility index (Phi) is 4.78. The summed E-state index contributed by atoms with van der Waals surface area (Å²) >= 11 is 0. The molecule has 1 aliphatic heterocycles. The van der Waals surface area contributed by atoms with Crippen LogP contribution in [-0.4, -0.2) is 30.1 Å². The molecule has 1 atom stereocenters. The van der Waals surface area contributed by atoms with E-state index in [9.17, 15) is 19.3 Å². The van der Waals surface area contributed by atoms with Crippen LogP contribution in [0.4, 0.5) is 26.2 Å². The van der Waals surface area contributed by atoms with Crippen molar-refractivity contribution >= 4 is 23.1 Å². The number of nitrogens with zero attached hydrogens (tertiary/aromatic N) is 2. The van der Waals surface area contributed by atoms with Crippen molar-refractivity contribution in [1.29, 1.82) is 0 Å². The zero-order chi connectivity index (χ0) is 17.8. The van der Waals surface area contributed by atoms with Crippen molar-refractivity contribution in [2.24, 2.45) is 0 Å². The molecule has 7 nitrogen and oxygen atoms in total. The molecule has 0 bridgehead atoms. The topological polar surface area (TPSA) is 87.5 Å². The highest BCUT2D eigenvalue weighted by Crippen LogP contribution is 2.23. The smallest absolute Gasteiger partial charge is 0.319 e. The second-order valence-electron chi connectivity index (χ2n) is 5.81. The Morgan fingerprint density at radius 3 is 2.48 bits per heavy atom. The number of carbonyl (C=O) groups is 1. The van der Waals surface area contributed by atoms with Crippen LogP contribution in [0.2, 0.25) is 0 Å². The highest BCUT2D eigenvalue weighted by molar-refractivity contribution is 5.89. The van der Waals surface area contributed by atoms with Crippen LogP contribution in [0.1, 0.15) is 6.42 Å². The number of nitro groups is 1. The van der Waals surface area contributed by atoms with Crippen LogP contribution in [0.25, 0.3) is 0 Å². The maximum Gasteiger partial charge on any atom is 0.319 e. The molecule has 2 N–H and O–H groups in total. The van der Waals surface area contributed by atoms with Crippen molar-refractivity contribution < 1.29 is 14.1 Å². The average Bonchev–Trinajstić information content (AvgIpc) is 3.05. The van der Waals surface area contributed by atoms with Crippen LogP contribution in [0.5, 0.6) is 0 Å². The number of non-ortho nitro benzene ring substituents is 1. The lowest BCUT2D eigenvalue weighted by Gasteiger charge is -2.19. The van der Waals surface area contributed by atoms with Crippen LogP contribution in [0, 0.1) is 15.9 Å². The number of nitro benzene ring substituents is 1. The number of anilines is 2. The molecule has 1 fully saturated rings. The first kappa shape index (κ1) is 16.7. The fraction of sp³-hybridized carbons (Fsp3) is 0.235. The Labute approximate surface area is 143 Å². The van der Waals surface area contributed by atoms with Gasteiger partial charge in [-0.1, -0.05) is 0 Å². The lowest BCUT2D eigenvalue weighted by molar-refractivity contribution is -0.384. The zero-order valence-corrected chi connectivity index (χ0v) is 13.3. The van der Waals surface area contributed by atoms with E-state index < -0.39 is 4.92 Å². The second-order valence-corrected chi connectivity index (χ2v) is 5.81. The number of halogens is 1. The summed E-state index contributed by atoms with van der Waals surface area (Å²) in [5.74, 6) is -0.361. The molecule has 0 radical (unpaired) electrons. The van der Waals surface area contributed by atoms with E-state index in [1.54, 1.807) is 12.1 Å². The standard InChI is InChI=1S/C17H17FN4O3/c18-12-1-3-13(4-2-12)19-17(23)20-14-9-10-21(11-14)15-5-7-16(8-6-15)22(24)25/h1-8,14H,9-11H2,(H2,19,20,23). The van der Waals surface area contributed by atoms with Crippen LogP contribution < -0.4 is 15.5 Å². The predicted molar refractivity (Wildman–Crippen MR) is 92.3 cm³/mol. The lowest BCUT2D eigenvalue weighted by Crippen LogP contribution is -2.39. The zero-order valence-electron chi connectivity index (χ0n) is 13.3. The van der Waals surface area contributed by atoms with E-state index in [4.69, 9.17) is 0 Å². The minimum absolute atomic E-state index is 0.0318. The first-order valence-corrected chi connectivity index (χ1v) is 7.84. The molecule has 8 heteroatoms. The first-order valence-electron chi connectivity index (χ1n) is 7.84.